The van der Waals surface area contributed by atoms with Crippen LogP contribution in [0.5, 0.6) is 5.75 Å². The number of piperidine rings is 1. The van der Waals surface area contributed by atoms with Crippen LogP contribution in [0.3, 0.4) is 0 Å². The highest BCUT2D eigenvalue weighted by Crippen LogP contribution is 2.27. The molecule has 1 aliphatic heterocycles. The van der Waals surface area contributed by atoms with Crippen LogP contribution in [0.15, 0.2) is 12.1 Å². The second kappa shape index (κ2) is 12.5. The summed E-state index contributed by atoms with van der Waals surface area (Å²) in [4.78, 5) is 51.9. The van der Waals surface area contributed by atoms with Crippen LogP contribution >= 0.6 is 0 Å². The minimum Gasteiger partial charge on any atom is -0.496 e. The number of nitrogens with zero attached hydrogens (tertiary/aromatic N) is 1. The van der Waals surface area contributed by atoms with Crippen molar-refractivity contribution in [3.05, 3.63) is 28.8 Å². The van der Waals surface area contributed by atoms with Gasteiger partial charge in [0, 0.05) is 32.0 Å². The summed E-state index contributed by atoms with van der Waals surface area (Å²) in [5.74, 6) is -0.135. The number of benzene rings is 1. The fraction of sp³-hybridized carbons (Fsp3) is 0.643. The van der Waals surface area contributed by atoms with E-state index in [0.29, 0.717) is 30.8 Å². The summed E-state index contributed by atoms with van der Waals surface area (Å²) in [7, 11) is 1.58. The zero-order chi connectivity index (χ0) is 28.8. The molecule has 212 valence electrons. The molecule has 1 fully saturated rings. The van der Waals surface area contributed by atoms with Crippen molar-refractivity contribution >= 4 is 23.9 Å². The highest BCUT2D eigenvalue weighted by atomic mass is 16.7. The maximum atomic E-state index is 13.0. The fourth-order valence-corrected chi connectivity index (χ4v) is 4.13. The summed E-state index contributed by atoms with van der Waals surface area (Å²) in [6, 6.07) is 3.62. The summed E-state index contributed by atoms with van der Waals surface area (Å²) in [5, 5.41) is 2.46. The first-order valence-corrected chi connectivity index (χ1v) is 12.9. The van der Waals surface area contributed by atoms with Crippen LogP contribution in [0.1, 0.15) is 82.3 Å². The maximum absolute atomic E-state index is 13.0. The summed E-state index contributed by atoms with van der Waals surface area (Å²) in [6.45, 7) is 14.2. The van der Waals surface area contributed by atoms with Gasteiger partial charge in [-0.1, -0.05) is 0 Å². The normalized spacial score (nSPS) is 16.8. The number of alkyl carbamates (subject to hydrolysis) is 1. The van der Waals surface area contributed by atoms with Crippen LogP contribution in [0.2, 0.25) is 0 Å². The lowest BCUT2D eigenvalue weighted by atomic mass is 9.90. The van der Waals surface area contributed by atoms with Crippen LogP contribution in [-0.2, 0) is 19.0 Å². The van der Waals surface area contributed by atoms with Gasteiger partial charge < -0.3 is 29.2 Å². The molecular weight excluding hydrogens is 492 g/mol. The van der Waals surface area contributed by atoms with Gasteiger partial charge in [0.15, 0.2) is 5.78 Å². The van der Waals surface area contributed by atoms with E-state index in [0.717, 1.165) is 24.0 Å². The van der Waals surface area contributed by atoms with Gasteiger partial charge in [-0.3, -0.25) is 4.79 Å². The number of amides is 2. The Morgan fingerprint density at radius 1 is 1.08 bits per heavy atom. The Bertz CT molecular complexity index is 1040. The van der Waals surface area contributed by atoms with E-state index in [9.17, 15) is 19.2 Å². The number of likely N-dealkylation sites (tertiary alicyclic amines) is 1. The van der Waals surface area contributed by atoms with E-state index >= 15 is 0 Å². The summed E-state index contributed by atoms with van der Waals surface area (Å²) in [5.41, 5.74) is 0.434. The molecular formula is C28H42N2O8. The summed E-state index contributed by atoms with van der Waals surface area (Å²) in [6.07, 6.45) is -0.744. The van der Waals surface area contributed by atoms with Crippen LogP contribution in [-0.4, -0.2) is 66.5 Å². The van der Waals surface area contributed by atoms with Gasteiger partial charge >= 0.3 is 18.2 Å². The fourth-order valence-electron chi connectivity index (χ4n) is 4.13. The molecule has 10 heteroatoms. The van der Waals surface area contributed by atoms with E-state index in [1.54, 1.807) is 33.9 Å². The molecule has 10 nitrogen and oxygen atoms in total. The smallest absolute Gasteiger partial charge is 0.412 e. The van der Waals surface area contributed by atoms with Crippen molar-refractivity contribution in [2.24, 2.45) is 5.92 Å². The van der Waals surface area contributed by atoms with Crippen molar-refractivity contribution in [2.45, 2.75) is 92.1 Å². The van der Waals surface area contributed by atoms with E-state index in [4.69, 9.17) is 18.9 Å². The molecule has 1 aliphatic rings. The van der Waals surface area contributed by atoms with E-state index in [-0.39, 0.29) is 11.7 Å². The number of esters is 1. The van der Waals surface area contributed by atoms with E-state index in [2.05, 4.69) is 5.32 Å². The Balaban J connectivity index is 1.91. The van der Waals surface area contributed by atoms with Crippen LogP contribution in [0.25, 0.3) is 0 Å². The lowest BCUT2D eigenvalue weighted by Crippen LogP contribution is -2.53. The standard InChI is InChI=1S/C28H42N2O8/c1-17-13-21(15-23(35-9)18(17)2)22(31)14-20-11-10-12-30(16-20)26(34)37-19(3)36-24(32)28(7,8)29-25(33)38-27(4,5)6/h13,15,19-20H,10-12,14,16H2,1-9H3,(H,29,33). The molecule has 2 unspecified atom stereocenters. The van der Waals surface area contributed by atoms with Crippen molar-refractivity contribution in [1.82, 2.24) is 10.2 Å². The summed E-state index contributed by atoms with van der Waals surface area (Å²) < 4.78 is 21.2. The van der Waals surface area contributed by atoms with Gasteiger partial charge in [0.25, 0.3) is 0 Å². The van der Waals surface area contributed by atoms with E-state index in [1.165, 1.54) is 25.7 Å². The molecule has 2 atom stereocenters. The SMILES string of the molecule is COc1cc(C(=O)CC2CCCN(C(=O)OC(C)OC(=O)C(C)(C)NC(=O)OC(C)(C)C)C2)cc(C)c1C. The lowest BCUT2D eigenvalue weighted by molar-refractivity contribution is -0.173. The molecule has 0 saturated carbocycles. The monoisotopic (exact) mass is 534 g/mol. The summed E-state index contributed by atoms with van der Waals surface area (Å²) >= 11 is 0. The zero-order valence-corrected chi connectivity index (χ0v) is 24.1. The molecule has 2 rings (SSSR count). The highest BCUT2D eigenvalue weighted by Gasteiger charge is 2.35. The first-order chi connectivity index (χ1) is 17.5. The zero-order valence-electron chi connectivity index (χ0n) is 24.1. The van der Waals surface area contributed by atoms with Gasteiger partial charge in [-0.25, -0.2) is 14.4 Å². The first-order valence-electron chi connectivity index (χ1n) is 12.9. The number of aryl methyl sites for hydroxylation is 1. The number of rotatable bonds is 8. The molecule has 1 aromatic rings. The predicted molar refractivity (Wildman–Crippen MR) is 141 cm³/mol. The number of ketones is 1. The third-order valence-corrected chi connectivity index (χ3v) is 6.28. The largest absolute Gasteiger partial charge is 0.496 e. The van der Waals surface area contributed by atoms with Gasteiger partial charge in [-0.15, -0.1) is 0 Å². The van der Waals surface area contributed by atoms with Crippen molar-refractivity contribution in [1.29, 1.82) is 0 Å². The van der Waals surface area contributed by atoms with Crippen molar-refractivity contribution < 1.29 is 38.1 Å². The minimum absolute atomic E-state index is 0.00589. The Morgan fingerprint density at radius 3 is 2.34 bits per heavy atom. The van der Waals surface area contributed by atoms with E-state index < -0.39 is 35.6 Å². The third kappa shape index (κ3) is 8.92. The van der Waals surface area contributed by atoms with Gasteiger partial charge in [0.2, 0.25) is 6.29 Å². The minimum atomic E-state index is -1.41. The topological polar surface area (TPSA) is 120 Å². The highest BCUT2D eigenvalue weighted by molar-refractivity contribution is 5.97. The molecule has 2 amide bonds. The Morgan fingerprint density at radius 2 is 1.74 bits per heavy atom. The quantitative estimate of drug-likeness (QED) is 0.283. The van der Waals surface area contributed by atoms with Gasteiger partial charge in [0.1, 0.15) is 16.9 Å². The molecule has 0 aromatic heterocycles. The van der Waals surface area contributed by atoms with E-state index in [1.807, 2.05) is 19.9 Å². The van der Waals surface area contributed by atoms with Gasteiger partial charge in [0.05, 0.1) is 7.11 Å². The predicted octanol–water partition coefficient (Wildman–Crippen LogP) is 4.93. The molecule has 0 spiro atoms. The number of carbonyl (C=O) groups is 4. The van der Waals surface area contributed by atoms with Crippen LogP contribution in [0, 0.1) is 19.8 Å². The van der Waals surface area contributed by atoms with Gasteiger partial charge in [-0.2, -0.15) is 0 Å². The molecule has 1 saturated heterocycles. The molecule has 1 aromatic carbocycles. The number of methoxy groups -OCH3 is 1. The Labute approximate surface area is 225 Å². The van der Waals surface area contributed by atoms with Gasteiger partial charge in [-0.05, 0) is 90.5 Å². The second-order valence-electron chi connectivity index (χ2n) is 11.3. The Hall–Kier alpha value is -3.30. The molecule has 0 bridgehead atoms. The van der Waals surface area contributed by atoms with Crippen LogP contribution < -0.4 is 10.1 Å². The number of carbonyl (C=O) groups excluding carboxylic acids is 4. The molecule has 0 radical (unpaired) electrons. The number of hydrogen-bond acceptors (Lipinski definition) is 8. The molecule has 38 heavy (non-hydrogen) atoms. The average Bonchev–Trinajstić information content (AvgIpc) is 2.79. The Kier molecular flexibility index (Phi) is 10.2. The van der Waals surface area contributed by atoms with Crippen molar-refractivity contribution in [3.63, 3.8) is 0 Å². The number of ether oxygens (including phenoxy) is 4. The van der Waals surface area contributed by atoms with Crippen molar-refractivity contribution in [3.8, 4) is 5.75 Å². The molecule has 1 N–H and O–H groups in total. The first kappa shape index (κ1) is 30.9. The van der Waals surface area contributed by atoms with Crippen LogP contribution in [0.4, 0.5) is 9.59 Å². The number of Topliss-reactive ketones (excluding diaryl/α,β-unsaturated/α-hetero) is 1. The second-order valence-corrected chi connectivity index (χ2v) is 11.3. The lowest BCUT2D eigenvalue weighted by Gasteiger charge is -2.33. The molecule has 1 heterocycles. The average molecular weight is 535 g/mol. The third-order valence-electron chi connectivity index (χ3n) is 6.28. The number of hydrogen-bond donors (Lipinski definition) is 1. The number of nitrogens with one attached hydrogen (secondary N) is 1. The van der Waals surface area contributed by atoms with Crippen molar-refractivity contribution in [2.75, 3.05) is 20.2 Å². The molecule has 0 aliphatic carbocycles. The maximum Gasteiger partial charge on any atom is 0.412 e.